The summed E-state index contributed by atoms with van der Waals surface area (Å²) in [4.78, 5) is 12.8. The Labute approximate surface area is 124 Å². The molecule has 20 heavy (non-hydrogen) atoms. The van der Waals surface area contributed by atoms with E-state index in [1.165, 1.54) is 21.7 Å². The highest BCUT2D eigenvalue weighted by atomic mass is 32.2. The fourth-order valence-electron chi connectivity index (χ4n) is 3.31. The summed E-state index contributed by atoms with van der Waals surface area (Å²) < 4.78 is 2.39. The second kappa shape index (κ2) is 4.39. The van der Waals surface area contributed by atoms with E-state index in [1.54, 1.807) is 0 Å². The summed E-state index contributed by atoms with van der Waals surface area (Å²) in [6.45, 7) is 12.8. The Morgan fingerprint density at radius 1 is 0.950 bits per heavy atom. The molecule has 1 aliphatic rings. The van der Waals surface area contributed by atoms with Gasteiger partial charge in [-0.3, -0.25) is 4.79 Å². The van der Waals surface area contributed by atoms with Gasteiger partial charge in [-0.1, -0.05) is 0 Å². The van der Waals surface area contributed by atoms with Gasteiger partial charge in [0.25, 0.3) is 0 Å². The molecule has 106 valence electrons. The number of fused-ring (bicyclic) bond motifs is 3. The van der Waals surface area contributed by atoms with E-state index in [9.17, 15) is 4.79 Å². The summed E-state index contributed by atoms with van der Waals surface area (Å²) in [5.74, 6) is 1.06. The number of rotatable bonds is 0. The van der Waals surface area contributed by atoms with Crippen molar-refractivity contribution in [3.8, 4) is 0 Å². The Bertz CT molecular complexity index is 801. The molecule has 2 aromatic rings. The first-order valence-corrected chi connectivity index (χ1v) is 8.12. The average Bonchev–Trinajstić information content (AvgIpc) is 2.80. The topological polar surface area (TPSA) is 22.0 Å². The Morgan fingerprint density at radius 3 is 2.20 bits per heavy atom. The number of benzene rings is 1. The molecule has 2 heterocycles. The van der Waals surface area contributed by atoms with Crippen LogP contribution >= 0.6 is 11.8 Å². The van der Waals surface area contributed by atoms with Gasteiger partial charge in [0.05, 0.1) is 10.5 Å². The van der Waals surface area contributed by atoms with Crippen molar-refractivity contribution in [3.05, 3.63) is 38.0 Å². The van der Waals surface area contributed by atoms with Gasteiger partial charge in [-0.05, 0) is 63.8 Å². The van der Waals surface area contributed by atoms with E-state index >= 15 is 0 Å². The molecule has 0 saturated heterocycles. The highest BCUT2D eigenvalue weighted by Crippen LogP contribution is 2.39. The maximum absolute atomic E-state index is 12.8. The fraction of sp³-hybridized carbons (Fsp3) is 0.471. The largest absolute Gasteiger partial charge is 0.331 e. The third-order valence-corrected chi connectivity index (χ3v) is 6.33. The second-order valence-corrected chi connectivity index (χ2v) is 7.02. The standard InChI is InChI=1S/C17H21NOS/c1-8-7-20-17-13(6)16(19)14-11(4)9(2)10(3)12(5)15(14)18(8)17/h8H,7H2,1-6H3. The summed E-state index contributed by atoms with van der Waals surface area (Å²) >= 11 is 1.82. The molecule has 3 rings (SSSR count). The number of pyridine rings is 1. The van der Waals surface area contributed by atoms with Gasteiger partial charge in [0.1, 0.15) is 0 Å². The number of nitrogens with zero attached hydrogens (tertiary/aromatic N) is 1. The van der Waals surface area contributed by atoms with Gasteiger partial charge in [-0.15, -0.1) is 11.8 Å². The first-order chi connectivity index (χ1) is 9.36. The maximum atomic E-state index is 12.8. The summed E-state index contributed by atoms with van der Waals surface area (Å²) in [5, 5.41) is 2.10. The average molecular weight is 287 g/mol. The summed E-state index contributed by atoms with van der Waals surface area (Å²) in [6.07, 6.45) is 0. The van der Waals surface area contributed by atoms with Gasteiger partial charge in [-0.25, -0.2) is 0 Å². The van der Waals surface area contributed by atoms with Crippen LogP contribution in [0.15, 0.2) is 9.82 Å². The lowest BCUT2D eigenvalue weighted by Gasteiger charge is -2.21. The molecule has 0 radical (unpaired) electrons. The van der Waals surface area contributed by atoms with Crippen LogP contribution in [0.1, 0.15) is 40.8 Å². The van der Waals surface area contributed by atoms with Gasteiger partial charge in [0.2, 0.25) is 0 Å². The lowest BCUT2D eigenvalue weighted by atomic mass is 9.93. The van der Waals surface area contributed by atoms with Crippen molar-refractivity contribution in [2.75, 3.05) is 5.75 Å². The minimum absolute atomic E-state index is 0.219. The number of thioether (sulfide) groups is 1. The Kier molecular flexibility index (Phi) is 3.02. The van der Waals surface area contributed by atoms with Gasteiger partial charge in [0, 0.05) is 22.7 Å². The predicted octanol–water partition coefficient (Wildman–Crippen LogP) is 4.21. The summed E-state index contributed by atoms with van der Waals surface area (Å²) in [6, 6.07) is 0.456. The van der Waals surface area contributed by atoms with Crippen molar-refractivity contribution in [2.45, 2.75) is 52.6 Å². The van der Waals surface area contributed by atoms with Gasteiger partial charge in [0.15, 0.2) is 5.43 Å². The molecule has 0 N–H and O–H groups in total. The number of hydrogen-bond donors (Lipinski definition) is 0. The Balaban J connectivity index is 2.68. The minimum Gasteiger partial charge on any atom is -0.331 e. The van der Waals surface area contributed by atoms with Crippen molar-refractivity contribution in [3.63, 3.8) is 0 Å². The fourth-order valence-corrected chi connectivity index (χ4v) is 4.58. The molecule has 0 saturated carbocycles. The Morgan fingerprint density at radius 2 is 1.55 bits per heavy atom. The zero-order valence-electron chi connectivity index (χ0n) is 13.0. The minimum atomic E-state index is 0.219. The van der Waals surface area contributed by atoms with E-state index in [2.05, 4.69) is 39.2 Å². The molecule has 0 fully saturated rings. The molecule has 3 heteroatoms. The summed E-state index contributed by atoms with van der Waals surface area (Å²) in [5.41, 5.74) is 7.27. The SMILES string of the molecule is Cc1c(C)c(C)c2c(c1C)c(=O)c(C)c1n2C(C)CS1. The second-order valence-electron chi connectivity index (χ2n) is 6.01. The predicted molar refractivity (Wildman–Crippen MR) is 87.3 cm³/mol. The zero-order chi connectivity index (χ0) is 14.8. The van der Waals surface area contributed by atoms with E-state index in [1.807, 2.05) is 18.7 Å². The van der Waals surface area contributed by atoms with Crippen LogP contribution in [-0.2, 0) is 0 Å². The third-order valence-electron chi connectivity index (χ3n) is 4.90. The lowest BCUT2D eigenvalue weighted by molar-refractivity contribution is 0.600. The maximum Gasteiger partial charge on any atom is 0.193 e. The van der Waals surface area contributed by atoms with E-state index in [0.717, 1.165) is 27.8 Å². The molecule has 1 atom stereocenters. The van der Waals surface area contributed by atoms with Crippen LogP contribution in [0.3, 0.4) is 0 Å². The quantitative estimate of drug-likeness (QED) is 0.724. The highest BCUT2D eigenvalue weighted by Gasteiger charge is 2.26. The molecule has 0 amide bonds. The van der Waals surface area contributed by atoms with Crippen LogP contribution in [0.5, 0.6) is 0 Å². The third kappa shape index (κ3) is 1.56. The molecular weight excluding hydrogens is 266 g/mol. The van der Waals surface area contributed by atoms with Crippen molar-refractivity contribution in [1.29, 1.82) is 0 Å². The van der Waals surface area contributed by atoms with Crippen LogP contribution in [-0.4, -0.2) is 10.3 Å². The van der Waals surface area contributed by atoms with Crippen LogP contribution in [0.25, 0.3) is 10.9 Å². The molecular formula is C17H21NOS. The molecule has 1 unspecified atom stereocenters. The number of aryl methyl sites for hydroxylation is 2. The van der Waals surface area contributed by atoms with Gasteiger partial charge < -0.3 is 4.57 Å². The van der Waals surface area contributed by atoms with Crippen LogP contribution in [0, 0.1) is 34.6 Å². The summed E-state index contributed by atoms with van der Waals surface area (Å²) in [7, 11) is 0. The molecule has 2 nitrogen and oxygen atoms in total. The van der Waals surface area contributed by atoms with Crippen LogP contribution < -0.4 is 5.43 Å². The van der Waals surface area contributed by atoms with Crippen molar-refractivity contribution in [2.24, 2.45) is 0 Å². The van der Waals surface area contributed by atoms with Crippen LogP contribution in [0.2, 0.25) is 0 Å². The zero-order valence-corrected chi connectivity index (χ0v) is 13.9. The molecule has 1 aromatic carbocycles. The van der Waals surface area contributed by atoms with Gasteiger partial charge >= 0.3 is 0 Å². The molecule has 1 aliphatic heterocycles. The van der Waals surface area contributed by atoms with Crippen molar-refractivity contribution < 1.29 is 0 Å². The first-order valence-electron chi connectivity index (χ1n) is 7.14. The molecule has 0 spiro atoms. The van der Waals surface area contributed by atoms with E-state index in [4.69, 9.17) is 0 Å². The normalized spacial score (nSPS) is 17.8. The molecule has 0 aliphatic carbocycles. The highest BCUT2D eigenvalue weighted by molar-refractivity contribution is 7.99. The van der Waals surface area contributed by atoms with Gasteiger partial charge in [-0.2, -0.15) is 0 Å². The van der Waals surface area contributed by atoms with Crippen molar-refractivity contribution in [1.82, 2.24) is 4.57 Å². The Hall–Kier alpha value is -1.22. The lowest BCUT2D eigenvalue weighted by Crippen LogP contribution is -2.18. The monoisotopic (exact) mass is 287 g/mol. The number of aromatic nitrogens is 1. The smallest absolute Gasteiger partial charge is 0.193 e. The van der Waals surface area contributed by atoms with Crippen molar-refractivity contribution >= 4 is 22.7 Å². The van der Waals surface area contributed by atoms with E-state index in [-0.39, 0.29) is 5.43 Å². The molecule has 0 bridgehead atoms. The van der Waals surface area contributed by atoms with E-state index < -0.39 is 0 Å². The van der Waals surface area contributed by atoms with Crippen LogP contribution in [0.4, 0.5) is 0 Å². The number of hydrogen-bond acceptors (Lipinski definition) is 2. The van der Waals surface area contributed by atoms with E-state index in [0.29, 0.717) is 6.04 Å². The first kappa shape index (κ1) is 13.7. The molecule has 1 aromatic heterocycles.